The summed E-state index contributed by atoms with van der Waals surface area (Å²) >= 11 is 0. The van der Waals surface area contributed by atoms with Gasteiger partial charge in [-0.3, -0.25) is 9.59 Å². The Labute approximate surface area is 146 Å². The lowest BCUT2D eigenvalue weighted by Crippen LogP contribution is -2.41. The Bertz CT molecular complexity index is 703. The second-order valence-electron chi connectivity index (χ2n) is 6.98. The van der Waals surface area contributed by atoms with Crippen molar-refractivity contribution in [1.29, 1.82) is 0 Å². The summed E-state index contributed by atoms with van der Waals surface area (Å²) in [7, 11) is -0.679. The van der Waals surface area contributed by atoms with E-state index in [1.165, 1.54) is 19.2 Å². The molecule has 1 amide bonds. The van der Waals surface area contributed by atoms with E-state index in [1.54, 1.807) is 6.08 Å². The molecular formula is C17H22BFN2O4. The van der Waals surface area contributed by atoms with Gasteiger partial charge in [-0.05, 0) is 44.8 Å². The summed E-state index contributed by atoms with van der Waals surface area (Å²) in [6, 6.07) is 1.38. The van der Waals surface area contributed by atoms with Crippen molar-refractivity contribution >= 4 is 25.4 Å². The Morgan fingerprint density at radius 2 is 1.92 bits per heavy atom. The van der Waals surface area contributed by atoms with Crippen molar-refractivity contribution in [1.82, 2.24) is 10.3 Å². The standard InChI is InChI=1S/C17H22BFN2O4/c1-11(23)20-9-14(18-24-16(2,3)17(4,5)25-18)7-12-6-13(10-22)15(19)21-8-12/h6-8,10H,9H2,1-5H3,(H,20,23). The third-order valence-electron chi connectivity index (χ3n) is 4.46. The maximum Gasteiger partial charge on any atom is 0.492 e. The van der Waals surface area contributed by atoms with Gasteiger partial charge in [0.25, 0.3) is 0 Å². The monoisotopic (exact) mass is 348 g/mol. The molecule has 6 nitrogen and oxygen atoms in total. The molecule has 2 heterocycles. The van der Waals surface area contributed by atoms with E-state index in [-0.39, 0.29) is 18.0 Å². The van der Waals surface area contributed by atoms with Crippen molar-refractivity contribution in [2.75, 3.05) is 6.54 Å². The third kappa shape index (κ3) is 4.32. The van der Waals surface area contributed by atoms with Crippen LogP contribution in [0, 0.1) is 5.95 Å². The molecule has 0 aliphatic carbocycles. The van der Waals surface area contributed by atoms with E-state index in [2.05, 4.69) is 10.3 Å². The first kappa shape index (κ1) is 19.3. The molecule has 0 aromatic carbocycles. The van der Waals surface area contributed by atoms with E-state index in [0.717, 1.165) is 0 Å². The van der Waals surface area contributed by atoms with Crippen LogP contribution in [0.2, 0.25) is 0 Å². The van der Waals surface area contributed by atoms with Gasteiger partial charge in [0.15, 0.2) is 6.29 Å². The van der Waals surface area contributed by atoms with Gasteiger partial charge in [0.1, 0.15) is 0 Å². The summed E-state index contributed by atoms with van der Waals surface area (Å²) in [6.45, 7) is 9.30. The van der Waals surface area contributed by atoms with Crippen molar-refractivity contribution in [2.24, 2.45) is 0 Å². The van der Waals surface area contributed by atoms with Crippen molar-refractivity contribution in [2.45, 2.75) is 45.8 Å². The number of nitrogens with one attached hydrogen (secondary N) is 1. The Balaban J connectivity index is 2.36. The van der Waals surface area contributed by atoms with Gasteiger partial charge in [0, 0.05) is 19.7 Å². The molecule has 1 aromatic rings. The summed E-state index contributed by atoms with van der Waals surface area (Å²) in [4.78, 5) is 25.8. The summed E-state index contributed by atoms with van der Waals surface area (Å²) in [5, 5.41) is 2.71. The predicted octanol–water partition coefficient (Wildman–Crippen LogP) is 2.18. The average molecular weight is 348 g/mol. The predicted molar refractivity (Wildman–Crippen MR) is 92.3 cm³/mol. The molecule has 25 heavy (non-hydrogen) atoms. The highest BCUT2D eigenvalue weighted by atomic mass is 19.1. The first-order chi connectivity index (χ1) is 11.6. The van der Waals surface area contributed by atoms with Crippen molar-refractivity contribution in [3.05, 3.63) is 34.8 Å². The van der Waals surface area contributed by atoms with Crippen LogP contribution in [0.3, 0.4) is 0 Å². The van der Waals surface area contributed by atoms with Crippen LogP contribution in [-0.4, -0.2) is 42.0 Å². The fraction of sp³-hybridized carbons (Fsp3) is 0.471. The van der Waals surface area contributed by atoms with Crippen LogP contribution < -0.4 is 5.32 Å². The highest BCUT2D eigenvalue weighted by Crippen LogP contribution is 2.38. The van der Waals surface area contributed by atoms with Gasteiger partial charge in [-0.15, -0.1) is 0 Å². The topological polar surface area (TPSA) is 77.5 Å². The average Bonchev–Trinajstić information content (AvgIpc) is 2.73. The second-order valence-corrected chi connectivity index (χ2v) is 6.98. The molecule has 1 aromatic heterocycles. The molecule has 1 fully saturated rings. The number of rotatable bonds is 5. The van der Waals surface area contributed by atoms with Gasteiger partial charge in [0.2, 0.25) is 11.9 Å². The van der Waals surface area contributed by atoms with Gasteiger partial charge in [-0.1, -0.05) is 6.08 Å². The first-order valence-corrected chi connectivity index (χ1v) is 7.97. The number of carbonyl (C=O) groups excluding carboxylic acids is 2. The number of nitrogens with zero attached hydrogens (tertiary/aromatic N) is 1. The summed E-state index contributed by atoms with van der Waals surface area (Å²) < 4.78 is 25.4. The fourth-order valence-electron chi connectivity index (χ4n) is 2.28. The number of pyridine rings is 1. The summed E-state index contributed by atoms with van der Waals surface area (Å²) in [5.74, 6) is -1.03. The molecule has 0 unspecified atom stereocenters. The minimum Gasteiger partial charge on any atom is -0.400 e. The number of carbonyl (C=O) groups is 2. The van der Waals surface area contributed by atoms with Crippen molar-refractivity contribution in [3.63, 3.8) is 0 Å². The number of hydrogen-bond acceptors (Lipinski definition) is 5. The molecule has 1 saturated heterocycles. The molecule has 1 aliphatic heterocycles. The van der Waals surface area contributed by atoms with E-state index < -0.39 is 24.3 Å². The van der Waals surface area contributed by atoms with Crippen LogP contribution >= 0.6 is 0 Å². The Morgan fingerprint density at radius 1 is 1.32 bits per heavy atom. The molecule has 134 valence electrons. The summed E-state index contributed by atoms with van der Waals surface area (Å²) in [6.07, 6.45) is 3.39. The molecule has 0 radical (unpaired) electrons. The smallest absolute Gasteiger partial charge is 0.400 e. The molecule has 0 spiro atoms. The Morgan fingerprint density at radius 3 is 2.44 bits per heavy atom. The van der Waals surface area contributed by atoms with Gasteiger partial charge < -0.3 is 14.6 Å². The summed E-state index contributed by atoms with van der Waals surface area (Å²) in [5.41, 5.74) is -0.0662. The van der Waals surface area contributed by atoms with Crippen LogP contribution in [0.1, 0.15) is 50.5 Å². The largest absolute Gasteiger partial charge is 0.492 e. The molecule has 1 N–H and O–H groups in total. The molecule has 0 saturated carbocycles. The minimum absolute atomic E-state index is 0.137. The van der Waals surface area contributed by atoms with Crippen molar-refractivity contribution in [3.8, 4) is 0 Å². The van der Waals surface area contributed by atoms with Crippen LogP contribution in [0.4, 0.5) is 4.39 Å². The first-order valence-electron chi connectivity index (χ1n) is 7.97. The van der Waals surface area contributed by atoms with E-state index in [9.17, 15) is 14.0 Å². The second kappa shape index (κ2) is 7.05. The van der Waals surface area contributed by atoms with Gasteiger partial charge in [-0.25, -0.2) is 4.98 Å². The number of hydrogen-bond donors (Lipinski definition) is 1. The Kier molecular flexibility index (Phi) is 5.44. The zero-order valence-electron chi connectivity index (χ0n) is 15.1. The molecule has 0 bridgehead atoms. The van der Waals surface area contributed by atoms with Gasteiger partial charge in [-0.2, -0.15) is 4.39 Å². The zero-order valence-corrected chi connectivity index (χ0v) is 15.1. The molecule has 2 rings (SSSR count). The van der Waals surface area contributed by atoms with E-state index in [0.29, 0.717) is 17.3 Å². The number of aldehydes is 1. The number of amides is 1. The zero-order chi connectivity index (χ0) is 18.8. The quantitative estimate of drug-likeness (QED) is 0.501. The highest BCUT2D eigenvalue weighted by Gasteiger charge is 2.52. The van der Waals surface area contributed by atoms with Crippen LogP contribution in [0.15, 0.2) is 17.7 Å². The minimum atomic E-state index is -0.828. The van der Waals surface area contributed by atoms with E-state index in [4.69, 9.17) is 9.31 Å². The third-order valence-corrected chi connectivity index (χ3v) is 4.46. The molecule has 1 aliphatic rings. The maximum absolute atomic E-state index is 13.4. The fourth-order valence-corrected chi connectivity index (χ4v) is 2.28. The van der Waals surface area contributed by atoms with Gasteiger partial charge >= 0.3 is 7.12 Å². The number of aromatic nitrogens is 1. The van der Waals surface area contributed by atoms with Crippen LogP contribution in [0.5, 0.6) is 0 Å². The Hall–Kier alpha value is -2.06. The number of halogens is 1. The maximum atomic E-state index is 13.4. The highest BCUT2D eigenvalue weighted by molar-refractivity contribution is 6.56. The normalized spacial score (nSPS) is 19.0. The lowest BCUT2D eigenvalue weighted by Gasteiger charge is -2.32. The lowest BCUT2D eigenvalue weighted by molar-refractivity contribution is -0.118. The molecule has 8 heteroatoms. The van der Waals surface area contributed by atoms with Gasteiger partial charge in [0.05, 0.1) is 16.8 Å². The van der Waals surface area contributed by atoms with Crippen molar-refractivity contribution < 1.29 is 23.3 Å². The SMILES string of the molecule is CC(=O)NCC(=Cc1cnc(F)c(C=O)c1)B1OC(C)(C)C(C)(C)O1. The van der Waals surface area contributed by atoms with E-state index >= 15 is 0 Å². The lowest BCUT2D eigenvalue weighted by atomic mass is 9.77. The van der Waals surface area contributed by atoms with Crippen LogP contribution in [-0.2, 0) is 14.1 Å². The van der Waals surface area contributed by atoms with Crippen LogP contribution in [0.25, 0.3) is 6.08 Å². The molecule has 0 atom stereocenters. The van der Waals surface area contributed by atoms with E-state index in [1.807, 2.05) is 27.7 Å². The molecular weight excluding hydrogens is 326 g/mol.